The minimum atomic E-state index is -0.209. The third-order valence-corrected chi connectivity index (χ3v) is 4.08. The molecule has 3 rings (SSSR count). The van der Waals surface area contributed by atoms with Gasteiger partial charge in [-0.2, -0.15) is 0 Å². The summed E-state index contributed by atoms with van der Waals surface area (Å²) < 4.78 is 20.6. The minimum Gasteiger partial charge on any atom is -0.467 e. The molecule has 3 nitrogen and oxygen atoms in total. The van der Waals surface area contributed by atoms with E-state index in [4.69, 9.17) is 4.42 Å². The average molecular weight is 376 g/mol. The summed E-state index contributed by atoms with van der Waals surface area (Å²) in [4.78, 5) is 2.25. The fourth-order valence-electron chi connectivity index (χ4n) is 2.64. The molecule has 1 aromatic carbocycles. The lowest BCUT2D eigenvalue weighted by Crippen LogP contribution is -2.45. The van der Waals surface area contributed by atoms with Crippen molar-refractivity contribution in [2.75, 3.05) is 26.2 Å². The van der Waals surface area contributed by atoms with Gasteiger partial charge in [0.15, 0.2) is 0 Å². The maximum atomic E-state index is 14.3. The molecule has 1 aromatic heterocycles. The number of nitrogens with one attached hydrogen (secondary N) is 1. The molecule has 0 amide bonds. The molecule has 21 heavy (non-hydrogen) atoms. The van der Waals surface area contributed by atoms with Crippen LogP contribution in [0.3, 0.4) is 0 Å². The first-order chi connectivity index (χ1) is 9.75. The van der Waals surface area contributed by atoms with Gasteiger partial charge in [-0.1, -0.05) is 22.0 Å². The van der Waals surface area contributed by atoms with Crippen molar-refractivity contribution >= 4 is 28.3 Å². The van der Waals surface area contributed by atoms with Gasteiger partial charge in [0.2, 0.25) is 0 Å². The van der Waals surface area contributed by atoms with Gasteiger partial charge in [-0.05, 0) is 24.3 Å². The Morgan fingerprint density at radius 1 is 1.24 bits per heavy atom. The molecule has 0 unspecified atom stereocenters. The molecule has 0 bridgehead atoms. The fraction of sp³-hybridized carbons (Fsp3) is 0.333. The second-order valence-electron chi connectivity index (χ2n) is 4.87. The van der Waals surface area contributed by atoms with Gasteiger partial charge >= 0.3 is 0 Å². The monoisotopic (exact) mass is 374 g/mol. The van der Waals surface area contributed by atoms with Crippen LogP contribution in [0, 0.1) is 5.82 Å². The van der Waals surface area contributed by atoms with Crippen LogP contribution in [0.4, 0.5) is 4.39 Å². The molecule has 0 aliphatic carbocycles. The standard InChI is InChI=1S/C15H16BrFN2O.ClH/c16-11-3-4-12(13(17)10-11)15(14-2-1-9-20-14)19-7-5-18-6-8-19;/h1-4,9-10,15,18H,5-8H2;1H/t15-;/m0./s1. The first kappa shape index (κ1) is 16.5. The van der Waals surface area contributed by atoms with Crippen LogP contribution in [-0.4, -0.2) is 31.1 Å². The molecular weight excluding hydrogens is 359 g/mol. The summed E-state index contributed by atoms with van der Waals surface area (Å²) in [5.74, 6) is 0.576. The Morgan fingerprint density at radius 3 is 2.62 bits per heavy atom. The Labute approximate surface area is 138 Å². The second kappa shape index (κ2) is 7.40. The topological polar surface area (TPSA) is 28.4 Å². The van der Waals surface area contributed by atoms with E-state index >= 15 is 0 Å². The lowest BCUT2D eigenvalue weighted by atomic mass is 10.0. The van der Waals surface area contributed by atoms with E-state index in [0.29, 0.717) is 5.56 Å². The summed E-state index contributed by atoms with van der Waals surface area (Å²) in [7, 11) is 0. The van der Waals surface area contributed by atoms with Crippen molar-refractivity contribution in [1.82, 2.24) is 10.2 Å². The molecule has 1 saturated heterocycles. The number of hydrogen-bond acceptors (Lipinski definition) is 3. The molecule has 1 fully saturated rings. The van der Waals surface area contributed by atoms with Gasteiger partial charge in [-0.15, -0.1) is 12.4 Å². The number of piperazine rings is 1. The number of rotatable bonds is 3. The summed E-state index contributed by atoms with van der Waals surface area (Å²) in [6, 6.07) is 8.80. The fourth-order valence-corrected chi connectivity index (χ4v) is 2.97. The number of benzene rings is 1. The van der Waals surface area contributed by atoms with Gasteiger partial charge in [-0.25, -0.2) is 4.39 Å². The molecular formula is C15H17BrClFN2O. The van der Waals surface area contributed by atoms with Crippen LogP contribution in [0.2, 0.25) is 0 Å². The van der Waals surface area contributed by atoms with Gasteiger partial charge in [0.05, 0.1) is 12.3 Å². The zero-order chi connectivity index (χ0) is 13.9. The number of nitrogens with zero attached hydrogens (tertiary/aromatic N) is 1. The minimum absolute atomic E-state index is 0. The van der Waals surface area contributed by atoms with E-state index in [0.717, 1.165) is 36.4 Å². The smallest absolute Gasteiger partial charge is 0.129 e. The Hall–Kier alpha value is -0.880. The van der Waals surface area contributed by atoms with Crippen molar-refractivity contribution in [3.8, 4) is 0 Å². The molecule has 1 aliphatic rings. The van der Waals surface area contributed by atoms with Gasteiger partial charge in [0.25, 0.3) is 0 Å². The lowest BCUT2D eigenvalue weighted by molar-refractivity contribution is 0.177. The summed E-state index contributed by atoms with van der Waals surface area (Å²) in [5, 5.41) is 3.32. The summed E-state index contributed by atoms with van der Waals surface area (Å²) >= 11 is 3.30. The van der Waals surface area contributed by atoms with Crippen LogP contribution >= 0.6 is 28.3 Å². The van der Waals surface area contributed by atoms with Crippen molar-refractivity contribution < 1.29 is 8.81 Å². The highest BCUT2D eigenvalue weighted by Gasteiger charge is 2.28. The van der Waals surface area contributed by atoms with Gasteiger partial charge in [-0.3, -0.25) is 4.90 Å². The predicted molar refractivity (Wildman–Crippen MR) is 86.3 cm³/mol. The maximum absolute atomic E-state index is 14.3. The van der Waals surface area contributed by atoms with E-state index in [1.165, 1.54) is 6.07 Å². The third-order valence-electron chi connectivity index (χ3n) is 3.59. The van der Waals surface area contributed by atoms with Crippen molar-refractivity contribution in [3.05, 3.63) is 58.2 Å². The van der Waals surface area contributed by atoms with E-state index in [1.807, 2.05) is 24.3 Å². The first-order valence-corrected chi connectivity index (χ1v) is 7.48. The predicted octanol–water partition coefficient (Wildman–Crippen LogP) is 3.60. The molecule has 0 radical (unpaired) electrons. The van der Waals surface area contributed by atoms with Gasteiger partial charge in [0, 0.05) is 36.2 Å². The third kappa shape index (κ3) is 3.66. The van der Waals surface area contributed by atoms with E-state index in [9.17, 15) is 4.39 Å². The van der Waals surface area contributed by atoms with E-state index in [-0.39, 0.29) is 24.3 Å². The van der Waals surface area contributed by atoms with Crippen LogP contribution in [0.5, 0.6) is 0 Å². The summed E-state index contributed by atoms with van der Waals surface area (Å²) in [6.07, 6.45) is 1.64. The molecule has 0 saturated carbocycles. The van der Waals surface area contributed by atoms with Crippen molar-refractivity contribution in [2.24, 2.45) is 0 Å². The summed E-state index contributed by atoms with van der Waals surface area (Å²) in [5.41, 5.74) is 0.657. The number of hydrogen-bond donors (Lipinski definition) is 1. The zero-order valence-electron chi connectivity index (χ0n) is 11.4. The number of halogens is 3. The largest absolute Gasteiger partial charge is 0.467 e. The Balaban J connectivity index is 0.00000161. The maximum Gasteiger partial charge on any atom is 0.129 e. The Bertz CT molecular complexity index is 573. The summed E-state index contributed by atoms with van der Waals surface area (Å²) in [6.45, 7) is 3.58. The molecule has 2 heterocycles. The van der Waals surface area contributed by atoms with E-state index < -0.39 is 0 Å². The highest BCUT2D eigenvalue weighted by molar-refractivity contribution is 9.10. The Morgan fingerprint density at radius 2 is 2.00 bits per heavy atom. The molecule has 2 aromatic rings. The average Bonchev–Trinajstić information content (AvgIpc) is 2.97. The molecule has 1 atom stereocenters. The highest BCUT2D eigenvalue weighted by atomic mass is 79.9. The van der Waals surface area contributed by atoms with Crippen molar-refractivity contribution in [3.63, 3.8) is 0 Å². The normalized spacial score (nSPS) is 17.2. The number of furan rings is 1. The van der Waals surface area contributed by atoms with Gasteiger partial charge < -0.3 is 9.73 Å². The molecule has 6 heteroatoms. The van der Waals surface area contributed by atoms with Gasteiger partial charge in [0.1, 0.15) is 11.6 Å². The Kier molecular flexibility index (Phi) is 5.81. The zero-order valence-corrected chi connectivity index (χ0v) is 13.8. The first-order valence-electron chi connectivity index (χ1n) is 6.69. The molecule has 0 spiro atoms. The van der Waals surface area contributed by atoms with Crippen molar-refractivity contribution in [2.45, 2.75) is 6.04 Å². The second-order valence-corrected chi connectivity index (χ2v) is 5.79. The van der Waals surface area contributed by atoms with Crippen molar-refractivity contribution in [1.29, 1.82) is 0 Å². The van der Waals surface area contributed by atoms with E-state index in [2.05, 4.69) is 26.1 Å². The SMILES string of the molecule is Cl.Fc1cc(Br)ccc1[C@@H](c1ccco1)N1CCNCC1. The highest BCUT2D eigenvalue weighted by Crippen LogP contribution is 2.32. The molecule has 1 aliphatic heterocycles. The quantitative estimate of drug-likeness (QED) is 0.888. The van der Waals surface area contributed by atoms with Crippen LogP contribution in [0.1, 0.15) is 17.4 Å². The molecule has 1 N–H and O–H groups in total. The van der Waals surface area contributed by atoms with E-state index in [1.54, 1.807) is 6.26 Å². The van der Waals surface area contributed by atoms with Crippen LogP contribution < -0.4 is 5.32 Å². The van der Waals surface area contributed by atoms with Crippen LogP contribution in [0.15, 0.2) is 45.5 Å². The van der Waals surface area contributed by atoms with Crippen LogP contribution in [-0.2, 0) is 0 Å². The van der Waals surface area contributed by atoms with Crippen LogP contribution in [0.25, 0.3) is 0 Å². The molecule has 114 valence electrons. The lowest BCUT2D eigenvalue weighted by Gasteiger charge is -2.34.